The number of hydrogen-bond acceptors (Lipinski definition) is 2. The van der Waals surface area contributed by atoms with E-state index < -0.39 is 0 Å². The van der Waals surface area contributed by atoms with Crippen LogP contribution in [0.1, 0.15) is 16.7 Å². The normalized spacial score (nSPS) is 10.0. The number of aryl methyl sites for hydroxylation is 1. The van der Waals surface area contributed by atoms with Crippen LogP contribution in [0.2, 0.25) is 0 Å². The minimum Gasteiger partial charge on any atom is -0.369 e. The van der Waals surface area contributed by atoms with Gasteiger partial charge < -0.3 is 4.90 Å². The van der Waals surface area contributed by atoms with Gasteiger partial charge in [-0.05, 0) is 42.3 Å². The lowest BCUT2D eigenvalue weighted by atomic mass is 10.1. The maximum Gasteiger partial charge on any atom is 0.123 e. The second-order valence-corrected chi connectivity index (χ2v) is 4.61. The maximum absolute atomic E-state index is 12.9. The van der Waals surface area contributed by atoms with Crippen LogP contribution in [0.4, 0.5) is 10.1 Å². The fourth-order valence-corrected chi connectivity index (χ4v) is 2.02. The van der Waals surface area contributed by atoms with Gasteiger partial charge in [-0.3, -0.25) is 0 Å². The van der Waals surface area contributed by atoms with Crippen molar-refractivity contribution in [2.75, 3.05) is 11.9 Å². The molecule has 0 aliphatic rings. The molecule has 0 amide bonds. The molecule has 19 heavy (non-hydrogen) atoms. The summed E-state index contributed by atoms with van der Waals surface area (Å²) < 4.78 is 12.9. The molecule has 2 aromatic carbocycles. The predicted molar refractivity (Wildman–Crippen MR) is 74.4 cm³/mol. The summed E-state index contributed by atoms with van der Waals surface area (Å²) in [6.45, 7) is 2.60. The molecule has 0 unspecified atom stereocenters. The molecule has 0 saturated carbocycles. The van der Waals surface area contributed by atoms with Crippen molar-refractivity contribution < 1.29 is 4.39 Å². The van der Waals surface area contributed by atoms with E-state index in [0.29, 0.717) is 12.1 Å². The first-order chi connectivity index (χ1) is 9.10. The molecule has 2 rings (SSSR count). The van der Waals surface area contributed by atoms with Crippen LogP contribution in [0.5, 0.6) is 0 Å². The van der Waals surface area contributed by atoms with Gasteiger partial charge in [0.1, 0.15) is 11.9 Å². The third-order valence-electron chi connectivity index (χ3n) is 3.02. The van der Waals surface area contributed by atoms with Crippen molar-refractivity contribution in [3.05, 3.63) is 65.0 Å². The molecular weight excluding hydrogens is 239 g/mol. The molecule has 2 nitrogen and oxygen atoms in total. The quantitative estimate of drug-likeness (QED) is 0.836. The van der Waals surface area contributed by atoms with Crippen LogP contribution in [-0.4, -0.2) is 7.05 Å². The van der Waals surface area contributed by atoms with Crippen molar-refractivity contribution in [3.8, 4) is 6.07 Å². The monoisotopic (exact) mass is 254 g/mol. The molecule has 0 N–H and O–H groups in total. The molecule has 0 bridgehead atoms. The summed E-state index contributed by atoms with van der Waals surface area (Å²) in [5, 5.41) is 9.17. The summed E-state index contributed by atoms with van der Waals surface area (Å²) in [6, 6.07) is 14.4. The van der Waals surface area contributed by atoms with Crippen molar-refractivity contribution in [2.45, 2.75) is 13.5 Å². The van der Waals surface area contributed by atoms with Crippen molar-refractivity contribution in [1.29, 1.82) is 5.26 Å². The van der Waals surface area contributed by atoms with Crippen LogP contribution >= 0.6 is 0 Å². The lowest BCUT2D eigenvalue weighted by Crippen LogP contribution is -2.17. The standard InChI is InChI=1S/C16H15FN2/c1-12-3-8-16(14(9-12)10-18)19(2)11-13-4-6-15(17)7-5-13/h3-9H,11H2,1-2H3. The Balaban J connectivity index is 2.23. The van der Waals surface area contributed by atoms with Gasteiger partial charge in [-0.15, -0.1) is 0 Å². The molecule has 0 heterocycles. The highest BCUT2D eigenvalue weighted by atomic mass is 19.1. The number of nitriles is 1. The van der Waals surface area contributed by atoms with Gasteiger partial charge in [0.15, 0.2) is 0 Å². The zero-order valence-corrected chi connectivity index (χ0v) is 11.0. The fraction of sp³-hybridized carbons (Fsp3) is 0.188. The molecule has 0 saturated heterocycles. The molecule has 0 aromatic heterocycles. The Morgan fingerprint density at radius 2 is 1.84 bits per heavy atom. The average Bonchev–Trinajstić information content (AvgIpc) is 2.41. The summed E-state index contributed by atoms with van der Waals surface area (Å²) in [7, 11) is 1.93. The lowest BCUT2D eigenvalue weighted by molar-refractivity contribution is 0.627. The number of rotatable bonds is 3. The molecular formula is C16H15FN2. The van der Waals surface area contributed by atoms with E-state index in [9.17, 15) is 4.39 Å². The average molecular weight is 254 g/mol. The molecule has 0 aliphatic heterocycles. The maximum atomic E-state index is 12.9. The van der Waals surface area contributed by atoms with Gasteiger partial charge in [-0.2, -0.15) is 5.26 Å². The Morgan fingerprint density at radius 3 is 2.47 bits per heavy atom. The third kappa shape index (κ3) is 3.11. The minimum atomic E-state index is -0.237. The van der Waals surface area contributed by atoms with Gasteiger partial charge in [0, 0.05) is 13.6 Å². The molecule has 96 valence electrons. The van der Waals surface area contributed by atoms with Gasteiger partial charge >= 0.3 is 0 Å². The van der Waals surface area contributed by atoms with E-state index in [0.717, 1.165) is 16.8 Å². The van der Waals surface area contributed by atoms with Crippen LogP contribution in [0.3, 0.4) is 0 Å². The molecule has 0 atom stereocenters. The van der Waals surface area contributed by atoms with Gasteiger partial charge in [-0.25, -0.2) is 4.39 Å². The topological polar surface area (TPSA) is 27.0 Å². The largest absolute Gasteiger partial charge is 0.369 e. The number of benzene rings is 2. The van der Waals surface area contributed by atoms with Crippen molar-refractivity contribution in [3.63, 3.8) is 0 Å². The molecule has 0 radical (unpaired) electrons. The number of anilines is 1. The van der Waals surface area contributed by atoms with Crippen molar-refractivity contribution in [1.82, 2.24) is 0 Å². The summed E-state index contributed by atoms with van der Waals surface area (Å²) in [5.74, 6) is -0.237. The molecule has 3 heteroatoms. The summed E-state index contributed by atoms with van der Waals surface area (Å²) >= 11 is 0. The minimum absolute atomic E-state index is 0.237. The Bertz CT molecular complexity index is 612. The Kier molecular flexibility index (Phi) is 3.82. The summed E-state index contributed by atoms with van der Waals surface area (Å²) in [6.07, 6.45) is 0. The highest BCUT2D eigenvalue weighted by Crippen LogP contribution is 2.21. The molecule has 2 aromatic rings. The second-order valence-electron chi connectivity index (χ2n) is 4.61. The van der Waals surface area contributed by atoms with E-state index in [1.165, 1.54) is 12.1 Å². The first-order valence-corrected chi connectivity index (χ1v) is 6.06. The van der Waals surface area contributed by atoms with E-state index in [1.807, 2.05) is 37.1 Å². The smallest absolute Gasteiger partial charge is 0.123 e. The predicted octanol–water partition coefficient (Wildman–Crippen LogP) is 3.64. The first kappa shape index (κ1) is 13.1. The van der Waals surface area contributed by atoms with E-state index >= 15 is 0 Å². The number of halogens is 1. The second kappa shape index (κ2) is 5.53. The van der Waals surface area contributed by atoms with Gasteiger partial charge in [-0.1, -0.05) is 18.2 Å². The molecule has 0 fully saturated rings. The van der Waals surface area contributed by atoms with E-state index in [2.05, 4.69) is 6.07 Å². The van der Waals surface area contributed by atoms with Crippen LogP contribution in [-0.2, 0) is 6.54 Å². The van der Waals surface area contributed by atoms with Crippen LogP contribution in [0, 0.1) is 24.1 Å². The zero-order valence-electron chi connectivity index (χ0n) is 11.0. The first-order valence-electron chi connectivity index (χ1n) is 6.06. The van der Waals surface area contributed by atoms with Crippen molar-refractivity contribution in [2.24, 2.45) is 0 Å². The zero-order chi connectivity index (χ0) is 13.8. The van der Waals surface area contributed by atoms with Gasteiger partial charge in [0.05, 0.1) is 11.3 Å². The number of hydrogen-bond donors (Lipinski definition) is 0. The Hall–Kier alpha value is -2.34. The van der Waals surface area contributed by atoms with E-state index in [4.69, 9.17) is 5.26 Å². The van der Waals surface area contributed by atoms with E-state index in [1.54, 1.807) is 12.1 Å². The fourth-order valence-electron chi connectivity index (χ4n) is 2.02. The lowest BCUT2D eigenvalue weighted by Gasteiger charge is -2.21. The highest BCUT2D eigenvalue weighted by molar-refractivity contribution is 5.60. The van der Waals surface area contributed by atoms with Crippen LogP contribution < -0.4 is 4.90 Å². The van der Waals surface area contributed by atoms with Crippen molar-refractivity contribution >= 4 is 5.69 Å². The van der Waals surface area contributed by atoms with Crippen LogP contribution in [0.15, 0.2) is 42.5 Å². The Morgan fingerprint density at radius 1 is 1.16 bits per heavy atom. The van der Waals surface area contributed by atoms with Gasteiger partial charge in [0.25, 0.3) is 0 Å². The molecule has 0 spiro atoms. The Labute approximate surface area is 112 Å². The van der Waals surface area contributed by atoms with Crippen LogP contribution in [0.25, 0.3) is 0 Å². The third-order valence-corrected chi connectivity index (χ3v) is 3.02. The summed E-state index contributed by atoms with van der Waals surface area (Å²) in [4.78, 5) is 1.99. The molecule has 0 aliphatic carbocycles. The number of nitrogens with zero attached hydrogens (tertiary/aromatic N) is 2. The highest BCUT2D eigenvalue weighted by Gasteiger charge is 2.08. The summed E-state index contributed by atoms with van der Waals surface area (Å²) in [5.41, 5.74) is 3.62. The van der Waals surface area contributed by atoms with E-state index in [-0.39, 0.29) is 5.82 Å². The SMILES string of the molecule is Cc1ccc(N(C)Cc2ccc(F)cc2)c(C#N)c1. The van der Waals surface area contributed by atoms with Gasteiger partial charge in [0.2, 0.25) is 0 Å².